The van der Waals surface area contributed by atoms with Gasteiger partial charge >= 0.3 is 0 Å². The molecule has 1 heterocycles. The lowest BCUT2D eigenvalue weighted by Crippen LogP contribution is -2.30. The minimum atomic E-state index is -0.335. The van der Waals surface area contributed by atoms with Gasteiger partial charge in [0, 0.05) is 16.3 Å². The number of amides is 1. The van der Waals surface area contributed by atoms with Crippen molar-refractivity contribution >= 4 is 35.2 Å². The van der Waals surface area contributed by atoms with Crippen LogP contribution in [0.2, 0.25) is 5.02 Å². The van der Waals surface area contributed by atoms with Crippen LogP contribution in [0, 0.1) is 13.8 Å². The third-order valence-electron chi connectivity index (χ3n) is 2.69. The van der Waals surface area contributed by atoms with Crippen LogP contribution >= 0.6 is 23.4 Å². The molecule has 0 bridgehead atoms. The summed E-state index contributed by atoms with van der Waals surface area (Å²) in [5, 5.41) is 0.397. The SMILES string of the molecule is CSc1ccc(Cl)c(C(=O)NNc2nc(C)cc(C)n2)c1. The number of anilines is 1. The van der Waals surface area contributed by atoms with E-state index in [0.29, 0.717) is 16.5 Å². The van der Waals surface area contributed by atoms with Gasteiger partial charge in [-0.1, -0.05) is 11.6 Å². The van der Waals surface area contributed by atoms with E-state index >= 15 is 0 Å². The average Bonchev–Trinajstić information content (AvgIpc) is 2.44. The molecule has 0 aliphatic carbocycles. The van der Waals surface area contributed by atoms with Crippen LogP contribution in [0.5, 0.6) is 0 Å². The second-order valence-electron chi connectivity index (χ2n) is 4.40. The zero-order valence-electron chi connectivity index (χ0n) is 11.9. The normalized spacial score (nSPS) is 10.3. The summed E-state index contributed by atoms with van der Waals surface area (Å²) in [7, 11) is 0. The quantitative estimate of drug-likeness (QED) is 0.668. The number of rotatable bonds is 4. The first kappa shape index (κ1) is 15.6. The van der Waals surface area contributed by atoms with E-state index in [-0.39, 0.29) is 5.91 Å². The molecule has 0 fully saturated rings. The number of carbonyl (C=O) groups excluding carboxylic acids is 1. The molecule has 2 aromatic rings. The Morgan fingerprint density at radius 2 is 1.86 bits per heavy atom. The standard InChI is InChI=1S/C14H15ClN4OS/c1-8-6-9(2)17-14(16-8)19-18-13(20)11-7-10(21-3)4-5-12(11)15/h4-7H,1-3H3,(H,18,20)(H,16,17,19). The molecule has 7 heteroatoms. The van der Waals surface area contributed by atoms with E-state index < -0.39 is 0 Å². The fourth-order valence-electron chi connectivity index (χ4n) is 1.77. The minimum Gasteiger partial charge on any atom is -0.267 e. The maximum Gasteiger partial charge on any atom is 0.271 e. The molecule has 110 valence electrons. The van der Waals surface area contributed by atoms with E-state index in [2.05, 4.69) is 20.8 Å². The molecule has 0 aliphatic heterocycles. The van der Waals surface area contributed by atoms with Crippen molar-refractivity contribution in [2.24, 2.45) is 0 Å². The molecular weight excluding hydrogens is 308 g/mol. The van der Waals surface area contributed by atoms with Gasteiger partial charge in [0.1, 0.15) is 0 Å². The van der Waals surface area contributed by atoms with Gasteiger partial charge in [-0.3, -0.25) is 15.6 Å². The lowest BCUT2D eigenvalue weighted by Gasteiger charge is -2.10. The van der Waals surface area contributed by atoms with Gasteiger partial charge < -0.3 is 0 Å². The average molecular weight is 323 g/mol. The topological polar surface area (TPSA) is 66.9 Å². The highest BCUT2D eigenvalue weighted by atomic mass is 35.5. The fraction of sp³-hybridized carbons (Fsp3) is 0.214. The Kier molecular flexibility index (Phi) is 5.03. The van der Waals surface area contributed by atoms with Gasteiger partial charge in [-0.15, -0.1) is 11.8 Å². The van der Waals surface area contributed by atoms with Gasteiger partial charge in [-0.2, -0.15) is 0 Å². The molecule has 0 aliphatic rings. The summed E-state index contributed by atoms with van der Waals surface area (Å²) in [6, 6.07) is 7.16. The zero-order chi connectivity index (χ0) is 15.4. The van der Waals surface area contributed by atoms with Gasteiger partial charge in [0.15, 0.2) is 0 Å². The number of hydrogen-bond acceptors (Lipinski definition) is 5. The number of nitrogens with one attached hydrogen (secondary N) is 2. The Morgan fingerprint density at radius 1 is 1.19 bits per heavy atom. The Hall–Kier alpha value is -1.79. The summed E-state index contributed by atoms with van der Waals surface area (Å²) in [6.45, 7) is 3.72. The van der Waals surface area contributed by atoms with E-state index in [4.69, 9.17) is 11.6 Å². The zero-order valence-corrected chi connectivity index (χ0v) is 13.5. The lowest BCUT2D eigenvalue weighted by atomic mass is 10.2. The van der Waals surface area contributed by atoms with Crippen LogP contribution in [0.25, 0.3) is 0 Å². The summed E-state index contributed by atoms with van der Waals surface area (Å²) in [6.07, 6.45) is 1.94. The molecule has 0 saturated carbocycles. The smallest absolute Gasteiger partial charge is 0.267 e. The number of carbonyl (C=O) groups is 1. The molecular formula is C14H15ClN4OS. The Bertz CT molecular complexity index is 658. The molecule has 2 rings (SSSR count). The second-order valence-corrected chi connectivity index (χ2v) is 5.69. The number of aromatic nitrogens is 2. The van der Waals surface area contributed by atoms with Crippen molar-refractivity contribution in [2.75, 3.05) is 11.7 Å². The molecule has 0 radical (unpaired) electrons. The number of hydrogen-bond donors (Lipinski definition) is 2. The van der Waals surface area contributed by atoms with E-state index in [9.17, 15) is 4.79 Å². The third kappa shape index (κ3) is 4.09. The monoisotopic (exact) mass is 322 g/mol. The highest BCUT2D eigenvalue weighted by Crippen LogP contribution is 2.22. The fourth-order valence-corrected chi connectivity index (χ4v) is 2.41. The maximum atomic E-state index is 12.2. The van der Waals surface area contributed by atoms with E-state index in [0.717, 1.165) is 16.3 Å². The Labute approximate surface area is 132 Å². The first-order valence-corrected chi connectivity index (χ1v) is 7.82. The lowest BCUT2D eigenvalue weighted by molar-refractivity contribution is 0.0962. The van der Waals surface area contributed by atoms with Crippen LogP contribution in [0.1, 0.15) is 21.7 Å². The van der Waals surface area contributed by atoms with E-state index in [1.165, 1.54) is 0 Å². The molecule has 5 nitrogen and oxygen atoms in total. The van der Waals surface area contributed by atoms with Crippen molar-refractivity contribution in [2.45, 2.75) is 18.7 Å². The van der Waals surface area contributed by atoms with Crippen molar-refractivity contribution in [1.82, 2.24) is 15.4 Å². The highest BCUT2D eigenvalue weighted by molar-refractivity contribution is 7.98. The summed E-state index contributed by atoms with van der Waals surface area (Å²) >= 11 is 7.59. The van der Waals surface area contributed by atoms with Crippen molar-refractivity contribution in [3.63, 3.8) is 0 Å². The first-order chi connectivity index (χ1) is 9.99. The molecule has 1 aromatic heterocycles. The minimum absolute atomic E-state index is 0.335. The summed E-state index contributed by atoms with van der Waals surface area (Å²) in [5.74, 6) is 0.0108. The van der Waals surface area contributed by atoms with Crippen LogP contribution in [0.3, 0.4) is 0 Å². The Balaban J connectivity index is 2.11. The van der Waals surface area contributed by atoms with Gasteiger partial charge in [-0.25, -0.2) is 9.97 Å². The second kappa shape index (κ2) is 6.78. The third-order valence-corrected chi connectivity index (χ3v) is 3.74. The van der Waals surface area contributed by atoms with Crippen molar-refractivity contribution in [1.29, 1.82) is 0 Å². The van der Waals surface area contributed by atoms with Gasteiger partial charge in [-0.05, 0) is 44.4 Å². The van der Waals surface area contributed by atoms with Crippen molar-refractivity contribution < 1.29 is 4.79 Å². The van der Waals surface area contributed by atoms with E-state index in [1.807, 2.05) is 32.2 Å². The number of halogens is 1. The van der Waals surface area contributed by atoms with Crippen LogP contribution in [-0.2, 0) is 0 Å². The van der Waals surface area contributed by atoms with E-state index in [1.54, 1.807) is 23.9 Å². The predicted octanol–water partition coefficient (Wildman–Crippen LogP) is 3.23. The van der Waals surface area contributed by atoms with Crippen LogP contribution in [0.4, 0.5) is 5.95 Å². The molecule has 0 unspecified atom stereocenters. The summed E-state index contributed by atoms with van der Waals surface area (Å²) in [4.78, 5) is 21.5. The number of nitrogens with zero attached hydrogens (tertiary/aromatic N) is 2. The highest BCUT2D eigenvalue weighted by Gasteiger charge is 2.11. The molecule has 1 aromatic carbocycles. The Morgan fingerprint density at radius 3 is 2.48 bits per heavy atom. The number of hydrazine groups is 1. The number of benzene rings is 1. The predicted molar refractivity (Wildman–Crippen MR) is 85.8 cm³/mol. The summed E-state index contributed by atoms with van der Waals surface area (Å²) < 4.78 is 0. The van der Waals surface area contributed by atoms with Crippen LogP contribution in [0.15, 0.2) is 29.2 Å². The van der Waals surface area contributed by atoms with Crippen molar-refractivity contribution in [3.05, 3.63) is 46.2 Å². The molecule has 21 heavy (non-hydrogen) atoms. The first-order valence-electron chi connectivity index (χ1n) is 6.22. The number of thioether (sulfide) groups is 1. The van der Waals surface area contributed by atoms with Crippen LogP contribution in [-0.4, -0.2) is 22.1 Å². The summed E-state index contributed by atoms with van der Waals surface area (Å²) in [5.41, 5.74) is 7.30. The molecule has 2 N–H and O–H groups in total. The van der Waals surface area contributed by atoms with Crippen molar-refractivity contribution in [3.8, 4) is 0 Å². The molecule has 0 atom stereocenters. The molecule has 0 saturated heterocycles. The van der Waals surface area contributed by atoms with Gasteiger partial charge in [0.05, 0.1) is 10.6 Å². The van der Waals surface area contributed by atoms with Gasteiger partial charge in [0.25, 0.3) is 5.91 Å². The molecule has 0 spiro atoms. The molecule has 1 amide bonds. The van der Waals surface area contributed by atoms with Crippen LogP contribution < -0.4 is 10.9 Å². The van der Waals surface area contributed by atoms with Gasteiger partial charge in [0.2, 0.25) is 5.95 Å². The largest absolute Gasteiger partial charge is 0.271 e. The number of aryl methyl sites for hydroxylation is 2. The maximum absolute atomic E-state index is 12.2.